The molecule has 209 valence electrons. The number of nitrogens with zero attached hydrogens (tertiary/aromatic N) is 5. The van der Waals surface area contributed by atoms with Gasteiger partial charge in [-0.25, -0.2) is 4.98 Å². The van der Waals surface area contributed by atoms with Gasteiger partial charge in [0.2, 0.25) is 0 Å². The first-order valence-electron chi connectivity index (χ1n) is 13.4. The molecule has 0 unspecified atom stereocenters. The molecule has 0 saturated heterocycles. The number of para-hydroxylation sites is 2. The Morgan fingerprint density at radius 2 is 1.08 bits per heavy atom. The average Bonchev–Trinajstić information content (AvgIpc) is 2.89. The summed E-state index contributed by atoms with van der Waals surface area (Å²) in [6.07, 6.45) is 0. The van der Waals surface area contributed by atoms with Gasteiger partial charge in [0.05, 0.1) is 17.1 Å². The van der Waals surface area contributed by atoms with Crippen molar-refractivity contribution in [2.24, 2.45) is 4.99 Å². The molecule has 0 saturated carbocycles. The van der Waals surface area contributed by atoms with Crippen LogP contribution in [-0.4, -0.2) is 10.7 Å². The summed E-state index contributed by atoms with van der Waals surface area (Å²) in [7, 11) is 0. The van der Waals surface area contributed by atoms with E-state index in [1.165, 1.54) is 22.3 Å². The van der Waals surface area contributed by atoms with Crippen LogP contribution in [0.2, 0.25) is 0 Å². The molecule has 0 aliphatic heterocycles. The van der Waals surface area contributed by atoms with Gasteiger partial charge in [-0.2, -0.15) is 0 Å². The molecule has 0 atom stereocenters. The Hall–Kier alpha value is -3.27. The summed E-state index contributed by atoms with van der Waals surface area (Å²) in [5, 5.41) is 17.0. The van der Waals surface area contributed by atoms with Crippen LogP contribution in [0.3, 0.4) is 0 Å². The van der Waals surface area contributed by atoms with Gasteiger partial charge in [-0.3, -0.25) is 4.99 Å². The zero-order valence-electron chi connectivity index (χ0n) is 24.8. The van der Waals surface area contributed by atoms with E-state index in [0.29, 0.717) is 29.4 Å². The van der Waals surface area contributed by atoms with Crippen LogP contribution in [-0.2, 0) is 16.8 Å². The first-order chi connectivity index (χ1) is 18.0. The van der Waals surface area contributed by atoms with Crippen molar-refractivity contribution in [2.45, 2.75) is 86.0 Å². The van der Waals surface area contributed by atoms with Crippen molar-refractivity contribution < 1.29 is 16.8 Å². The van der Waals surface area contributed by atoms with Crippen LogP contribution in [0.1, 0.15) is 120 Å². The standard InChI is InChI=1S/C33H42N3.Co.N2/c1-20(2)26-14-11-15-27(21(3)4)32(26)34-24(9)30-18-13-19-31(36-30)25(10)35-33-28(22(5)6)16-12-17-29(33)23(7)8;;1-2/h11-23H,9H2,1-8,10H3;;/q-1;;. The number of aliphatic imine (C=N–C) groups is 1. The molecule has 39 heavy (non-hydrogen) atoms. The molecule has 1 radical (unpaired) electrons. The van der Waals surface area contributed by atoms with Gasteiger partial charge in [0.1, 0.15) is 0 Å². The summed E-state index contributed by atoms with van der Waals surface area (Å²) >= 11 is 0. The van der Waals surface area contributed by atoms with E-state index < -0.39 is 0 Å². The summed E-state index contributed by atoms with van der Waals surface area (Å²) in [6, 6.07) is 19.0. The molecule has 1 aromatic heterocycles. The van der Waals surface area contributed by atoms with E-state index in [1.54, 1.807) is 0 Å². The van der Waals surface area contributed by atoms with Gasteiger partial charge in [0.15, 0.2) is 0 Å². The Labute approximate surface area is 245 Å². The zero-order chi connectivity index (χ0) is 28.6. The van der Waals surface area contributed by atoms with Gasteiger partial charge in [0.25, 0.3) is 0 Å². The van der Waals surface area contributed by atoms with Gasteiger partial charge < -0.3 is 5.32 Å². The van der Waals surface area contributed by atoms with Crippen LogP contribution in [0.5, 0.6) is 0 Å². The summed E-state index contributed by atoms with van der Waals surface area (Å²) in [5.41, 5.74) is 10.3. The van der Waals surface area contributed by atoms with Crippen molar-refractivity contribution in [1.82, 2.24) is 4.98 Å². The maximum Gasteiger partial charge on any atom is 0.0848 e. The third-order valence-electron chi connectivity index (χ3n) is 6.63. The average molecular weight is 568 g/mol. The van der Waals surface area contributed by atoms with E-state index in [1.807, 2.05) is 25.1 Å². The van der Waals surface area contributed by atoms with Crippen molar-refractivity contribution >= 4 is 22.8 Å². The third kappa shape index (κ3) is 8.35. The van der Waals surface area contributed by atoms with Crippen LogP contribution in [0.25, 0.3) is 11.0 Å². The van der Waals surface area contributed by atoms with Crippen LogP contribution >= 0.6 is 0 Å². The van der Waals surface area contributed by atoms with Gasteiger partial charge in [0, 0.05) is 33.3 Å². The van der Waals surface area contributed by atoms with E-state index in [0.717, 1.165) is 28.5 Å². The van der Waals surface area contributed by atoms with Crippen molar-refractivity contribution in [1.29, 1.82) is 10.8 Å². The predicted octanol–water partition coefficient (Wildman–Crippen LogP) is 10.4. The Kier molecular flexibility index (Phi) is 13.3. The fourth-order valence-electron chi connectivity index (χ4n) is 4.50. The van der Waals surface area contributed by atoms with Gasteiger partial charge in [-0.1, -0.05) is 109 Å². The monoisotopic (exact) mass is 567 g/mol. The number of aromatic nitrogens is 1. The molecule has 6 heteroatoms. The number of rotatable bonds is 9. The molecular formula is C33H42CoN5-. The molecule has 3 aromatic rings. The maximum absolute atomic E-state index is 6.00. The SMILES string of the molecule is C=C([N-]c1c(C(C)C)cccc1C(C)C)c1cccc(C(C)=Nc2c(C(C)C)cccc2C(C)C)n1.N#N.[Co]. The van der Waals surface area contributed by atoms with Crippen molar-refractivity contribution in [2.75, 3.05) is 0 Å². The predicted molar refractivity (Wildman–Crippen MR) is 161 cm³/mol. The minimum atomic E-state index is 0. The molecule has 0 N–H and O–H groups in total. The normalized spacial score (nSPS) is 11.3. The zero-order valence-corrected chi connectivity index (χ0v) is 25.8. The van der Waals surface area contributed by atoms with E-state index in [4.69, 9.17) is 26.1 Å². The fourth-order valence-corrected chi connectivity index (χ4v) is 4.50. The molecule has 1 heterocycles. The third-order valence-corrected chi connectivity index (χ3v) is 6.63. The molecule has 2 aromatic carbocycles. The molecule has 0 amide bonds. The first kappa shape index (κ1) is 33.8. The molecule has 0 aliphatic rings. The molecule has 3 rings (SSSR count). The maximum atomic E-state index is 6.00. The van der Waals surface area contributed by atoms with Crippen LogP contribution in [0.4, 0.5) is 11.4 Å². The van der Waals surface area contributed by atoms with Crippen molar-refractivity contribution in [3.63, 3.8) is 0 Å². The summed E-state index contributed by atoms with van der Waals surface area (Å²) in [4.78, 5) is 10.1. The molecule has 0 spiro atoms. The van der Waals surface area contributed by atoms with E-state index >= 15 is 0 Å². The van der Waals surface area contributed by atoms with Crippen LogP contribution in [0.15, 0.2) is 66.2 Å². The summed E-state index contributed by atoms with van der Waals surface area (Å²) in [6.45, 7) is 24.1. The second kappa shape index (κ2) is 15.4. The second-order valence-corrected chi connectivity index (χ2v) is 10.9. The fraction of sp³-hybridized carbons (Fsp3) is 0.394. The number of hydrogen-bond donors (Lipinski definition) is 0. The number of pyridine rings is 1. The molecule has 0 bridgehead atoms. The smallest absolute Gasteiger partial charge is 0.0848 e. The quantitative estimate of drug-likeness (QED) is 0.190. The molecule has 0 fully saturated rings. The Morgan fingerprint density at radius 1 is 0.692 bits per heavy atom. The molecule has 0 aliphatic carbocycles. The van der Waals surface area contributed by atoms with E-state index in [-0.39, 0.29) is 16.8 Å². The van der Waals surface area contributed by atoms with Crippen molar-refractivity contribution in [3.8, 4) is 0 Å². The van der Waals surface area contributed by atoms with Gasteiger partial charge in [-0.05, 0) is 53.9 Å². The largest absolute Gasteiger partial charge is 0.656 e. The second-order valence-electron chi connectivity index (χ2n) is 10.9. The summed E-state index contributed by atoms with van der Waals surface area (Å²) < 4.78 is 0. The molecule has 5 nitrogen and oxygen atoms in total. The molecular weight excluding hydrogens is 525 g/mol. The number of benzene rings is 2. The van der Waals surface area contributed by atoms with E-state index in [2.05, 4.69) is 98.4 Å². The van der Waals surface area contributed by atoms with Crippen LogP contribution < -0.4 is 0 Å². The Morgan fingerprint density at radius 3 is 1.51 bits per heavy atom. The minimum Gasteiger partial charge on any atom is -0.656 e. The Bertz CT molecular complexity index is 1250. The Balaban J connectivity index is 0.00000248. The van der Waals surface area contributed by atoms with Gasteiger partial charge in [-0.15, -0.1) is 18.0 Å². The number of hydrogen-bond acceptors (Lipinski definition) is 4. The van der Waals surface area contributed by atoms with E-state index in [9.17, 15) is 0 Å². The minimum absolute atomic E-state index is 0. The van der Waals surface area contributed by atoms with Crippen molar-refractivity contribution in [3.05, 3.63) is 100 Å². The van der Waals surface area contributed by atoms with Gasteiger partial charge >= 0.3 is 0 Å². The first-order valence-corrected chi connectivity index (χ1v) is 13.4. The van der Waals surface area contributed by atoms with Crippen LogP contribution in [0, 0.1) is 10.8 Å². The topological polar surface area (TPSA) is 86.9 Å². The summed E-state index contributed by atoms with van der Waals surface area (Å²) in [5.74, 6) is 1.54.